The maximum atomic E-state index is 13.5. The molecule has 2 rings (SSSR count). The minimum Gasteiger partial charge on any atom is -0.436 e. The third kappa shape index (κ3) is 2.92. The molecule has 17 heavy (non-hydrogen) atoms. The van der Waals surface area contributed by atoms with Gasteiger partial charge in [0.05, 0.1) is 0 Å². The molecule has 2 aromatic rings. The van der Waals surface area contributed by atoms with Crippen molar-refractivity contribution in [3.63, 3.8) is 0 Å². The first-order valence-corrected chi connectivity index (χ1v) is 5.85. The van der Waals surface area contributed by atoms with Crippen LogP contribution in [0.2, 0.25) is 5.28 Å². The predicted molar refractivity (Wildman–Crippen MR) is 66.0 cm³/mol. The number of halogens is 3. The second kappa shape index (κ2) is 4.98. The average molecular weight is 318 g/mol. The number of nitrogens with zero attached hydrogens (tertiary/aromatic N) is 2. The lowest BCUT2D eigenvalue weighted by atomic mass is 10.3. The summed E-state index contributed by atoms with van der Waals surface area (Å²) in [5, 5.41) is 0.0584. The Hall–Kier alpha value is -1.20. The Morgan fingerprint density at radius 2 is 2.18 bits per heavy atom. The SMILES string of the molecule is Cc1cnc(Cl)nc1Oc1ccc(Br)cc1F. The third-order valence-corrected chi connectivity index (χ3v) is 2.67. The second-order valence-electron chi connectivity index (χ2n) is 3.30. The van der Waals surface area contributed by atoms with E-state index in [-0.39, 0.29) is 16.9 Å². The van der Waals surface area contributed by atoms with Gasteiger partial charge in [0, 0.05) is 16.2 Å². The van der Waals surface area contributed by atoms with Gasteiger partial charge in [-0.25, -0.2) is 9.37 Å². The van der Waals surface area contributed by atoms with Crippen molar-refractivity contribution in [3.05, 3.63) is 45.5 Å². The summed E-state index contributed by atoms with van der Waals surface area (Å²) >= 11 is 8.81. The van der Waals surface area contributed by atoms with Crippen molar-refractivity contribution in [3.8, 4) is 11.6 Å². The van der Waals surface area contributed by atoms with E-state index in [0.717, 1.165) is 0 Å². The molecule has 0 saturated carbocycles. The van der Waals surface area contributed by atoms with Gasteiger partial charge in [0.25, 0.3) is 0 Å². The molecule has 0 amide bonds. The molecule has 0 spiro atoms. The molecule has 0 bridgehead atoms. The molecule has 0 atom stereocenters. The van der Waals surface area contributed by atoms with Crippen molar-refractivity contribution >= 4 is 27.5 Å². The summed E-state index contributed by atoms with van der Waals surface area (Å²) in [4.78, 5) is 7.68. The Morgan fingerprint density at radius 1 is 1.41 bits per heavy atom. The smallest absolute Gasteiger partial charge is 0.226 e. The van der Waals surface area contributed by atoms with E-state index in [1.165, 1.54) is 18.3 Å². The Morgan fingerprint density at radius 3 is 2.88 bits per heavy atom. The molecule has 0 N–H and O–H groups in total. The molecular formula is C11H7BrClFN2O. The van der Waals surface area contributed by atoms with Crippen molar-refractivity contribution in [2.75, 3.05) is 0 Å². The molecule has 0 unspecified atom stereocenters. The highest BCUT2D eigenvalue weighted by Crippen LogP contribution is 2.27. The van der Waals surface area contributed by atoms with Crippen LogP contribution in [-0.2, 0) is 0 Å². The molecule has 88 valence electrons. The maximum absolute atomic E-state index is 13.5. The summed E-state index contributed by atoms with van der Waals surface area (Å²) in [6.07, 6.45) is 1.52. The molecule has 0 aliphatic heterocycles. The van der Waals surface area contributed by atoms with Crippen LogP contribution < -0.4 is 4.74 Å². The normalized spacial score (nSPS) is 10.4. The molecule has 0 radical (unpaired) electrons. The molecule has 0 aliphatic carbocycles. The average Bonchev–Trinajstić information content (AvgIpc) is 2.27. The number of hydrogen-bond donors (Lipinski definition) is 0. The number of rotatable bonds is 2. The number of ether oxygens (including phenoxy) is 1. The predicted octanol–water partition coefficient (Wildman–Crippen LogP) is 4.13. The summed E-state index contributed by atoms with van der Waals surface area (Å²) in [6, 6.07) is 4.50. The number of benzene rings is 1. The van der Waals surface area contributed by atoms with Crippen LogP contribution in [0.25, 0.3) is 0 Å². The van der Waals surface area contributed by atoms with Crippen LogP contribution in [0, 0.1) is 12.7 Å². The lowest BCUT2D eigenvalue weighted by Crippen LogP contribution is -1.95. The number of hydrogen-bond acceptors (Lipinski definition) is 3. The van der Waals surface area contributed by atoms with Crippen LogP contribution in [0.3, 0.4) is 0 Å². The summed E-state index contributed by atoms with van der Waals surface area (Å²) < 4.78 is 19.5. The molecule has 0 saturated heterocycles. The Kier molecular flexibility index (Phi) is 3.59. The quantitative estimate of drug-likeness (QED) is 0.781. The van der Waals surface area contributed by atoms with E-state index in [1.54, 1.807) is 13.0 Å². The lowest BCUT2D eigenvalue weighted by molar-refractivity contribution is 0.423. The largest absolute Gasteiger partial charge is 0.436 e. The summed E-state index contributed by atoms with van der Waals surface area (Å²) in [6.45, 7) is 1.75. The highest BCUT2D eigenvalue weighted by molar-refractivity contribution is 9.10. The molecule has 0 aliphatic rings. The molecule has 1 aromatic heterocycles. The Balaban J connectivity index is 2.34. The van der Waals surface area contributed by atoms with Crippen molar-refractivity contribution in [2.24, 2.45) is 0 Å². The first-order chi connectivity index (χ1) is 8.06. The molecule has 0 fully saturated rings. The molecule has 6 heteroatoms. The Bertz CT molecular complexity index is 565. The molecule has 3 nitrogen and oxygen atoms in total. The fourth-order valence-corrected chi connectivity index (χ4v) is 1.63. The monoisotopic (exact) mass is 316 g/mol. The molecule has 1 aromatic carbocycles. The van der Waals surface area contributed by atoms with E-state index in [2.05, 4.69) is 25.9 Å². The van der Waals surface area contributed by atoms with Gasteiger partial charge in [-0.3, -0.25) is 0 Å². The summed E-state index contributed by atoms with van der Waals surface area (Å²) in [7, 11) is 0. The fraction of sp³-hybridized carbons (Fsp3) is 0.0909. The van der Waals surface area contributed by atoms with Crippen molar-refractivity contribution in [1.29, 1.82) is 0 Å². The first kappa shape index (κ1) is 12.3. The van der Waals surface area contributed by atoms with Gasteiger partial charge in [0.1, 0.15) is 0 Å². The van der Waals surface area contributed by atoms with Gasteiger partial charge in [-0.15, -0.1) is 0 Å². The van der Waals surface area contributed by atoms with Crippen LogP contribution in [0.5, 0.6) is 11.6 Å². The van der Waals surface area contributed by atoms with Crippen LogP contribution >= 0.6 is 27.5 Å². The van der Waals surface area contributed by atoms with E-state index in [0.29, 0.717) is 10.0 Å². The van der Waals surface area contributed by atoms with Gasteiger partial charge < -0.3 is 4.74 Å². The van der Waals surface area contributed by atoms with E-state index in [1.807, 2.05) is 0 Å². The standard InChI is InChI=1S/C11H7BrClFN2O/c1-6-5-15-11(13)16-10(6)17-9-3-2-7(12)4-8(9)14/h2-5H,1H3. The van der Waals surface area contributed by atoms with E-state index >= 15 is 0 Å². The summed E-state index contributed by atoms with van der Waals surface area (Å²) in [5.41, 5.74) is 0.678. The second-order valence-corrected chi connectivity index (χ2v) is 4.56. The fourth-order valence-electron chi connectivity index (χ4n) is 1.17. The van der Waals surface area contributed by atoms with Crippen molar-refractivity contribution in [2.45, 2.75) is 6.92 Å². The van der Waals surface area contributed by atoms with Gasteiger partial charge in [-0.2, -0.15) is 4.98 Å². The van der Waals surface area contributed by atoms with Crippen LogP contribution in [0.1, 0.15) is 5.56 Å². The minimum absolute atomic E-state index is 0.0584. The van der Waals surface area contributed by atoms with E-state index in [4.69, 9.17) is 16.3 Å². The molecule has 1 heterocycles. The van der Waals surface area contributed by atoms with E-state index < -0.39 is 5.82 Å². The van der Waals surface area contributed by atoms with Gasteiger partial charge in [0.2, 0.25) is 11.2 Å². The van der Waals surface area contributed by atoms with Crippen molar-refractivity contribution in [1.82, 2.24) is 9.97 Å². The van der Waals surface area contributed by atoms with Gasteiger partial charge in [0.15, 0.2) is 11.6 Å². The van der Waals surface area contributed by atoms with Crippen LogP contribution in [-0.4, -0.2) is 9.97 Å². The zero-order valence-electron chi connectivity index (χ0n) is 8.75. The topological polar surface area (TPSA) is 35.0 Å². The third-order valence-electron chi connectivity index (χ3n) is 2.00. The van der Waals surface area contributed by atoms with Gasteiger partial charge in [-0.1, -0.05) is 15.9 Å². The Labute approximate surface area is 111 Å². The molecular weight excluding hydrogens is 310 g/mol. The van der Waals surface area contributed by atoms with Crippen LogP contribution in [0.4, 0.5) is 4.39 Å². The maximum Gasteiger partial charge on any atom is 0.226 e. The number of aromatic nitrogens is 2. The first-order valence-electron chi connectivity index (χ1n) is 4.68. The zero-order valence-corrected chi connectivity index (χ0v) is 11.1. The minimum atomic E-state index is -0.478. The number of aryl methyl sites for hydroxylation is 1. The van der Waals surface area contributed by atoms with Gasteiger partial charge >= 0.3 is 0 Å². The van der Waals surface area contributed by atoms with Crippen molar-refractivity contribution < 1.29 is 9.13 Å². The summed E-state index contributed by atoms with van der Waals surface area (Å²) in [5.74, 6) is -0.147. The highest BCUT2D eigenvalue weighted by Gasteiger charge is 2.09. The van der Waals surface area contributed by atoms with Crippen LogP contribution in [0.15, 0.2) is 28.9 Å². The highest BCUT2D eigenvalue weighted by atomic mass is 79.9. The zero-order chi connectivity index (χ0) is 12.4. The van der Waals surface area contributed by atoms with Gasteiger partial charge in [-0.05, 0) is 36.7 Å². The lowest BCUT2D eigenvalue weighted by Gasteiger charge is -2.08. The van der Waals surface area contributed by atoms with E-state index in [9.17, 15) is 4.39 Å².